The molecule has 1 aromatic heterocycles. The molecule has 1 rings (SSSR count). The predicted octanol–water partition coefficient (Wildman–Crippen LogP) is -1.38. The zero-order chi connectivity index (χ0) is 9.30. The quantitative estimate of drug-likeness (QED) is 0.568. The maximum atomic E-state index is 10.7. The lowest BCUT2D eigenvalue weighted by atomic mass is 10.2. The summed E-state index contributed by atoms with van der Waals surface area (Å²) in [6.45, 7) is 0. The van der Waals surface area contributed by atoms with Crippen molar-refractivity contribution in [3.8, 4) is 0 Å². The molecule has 0 aliphatic heterocycles. The molecule has 6 nitrogen and oxygen atoms in total. The first-order valence-electron chi connectivity index (χ1n) is 3.15. The van der Waals surface area contributed by atoms with Gasteiger partial charge in [0, 0.05) is 13.2 Å². The Morgan fingerprint density at radius 3 is 2.33 bits per heavy atom. The second-order valence-electron chi connectivity index (χ2n) is 2.29. The Labute approximate surface area is 68.1 Å². The van der Waals surface area contributed by atoms with Gasteiger partial charge in [-0.1, -0.05) is 0 Å². The Hall–Kier alpha value is -1.85. The van der Waals surface area contributed by atoms with Gasteiger partial charge >= 0.3 is 0 Å². The molecular formula is C6H8N4O2. The van der Waals surface area contributed by atoms with Gasteiger partial charge in [-0.25, -0.2) is 0 Å². The van der Waals surface area contributed by atoms with Gasteiger partial charge in [0.2, 0.25) is 0 Å². The number of nitrogens with two attached hydrogens (primary N) is 2. The van der Waals surface area contributed by atoms with Gasteiger partial charge in [0.1, 0.15) is 0 Å². The summed E-state index contributed by atoms with van der Waals surface area (Å²) < 4.78 is 1.31. The predicted molar refractivity (Wildman–Crippen MR) is 40.2 cm³/mol. The first-order chi connectivity index (χ1) is 5.52. The van der Waals surface area contributed by atoms with E-state index in [4.69, 9.17) is 11.5 Å². The fourth-order valence-electron chi connectivity index (χ4n) is 0.851. The number of nitrogens with zero attached hydrogens (tertiary/aromatic N) is 2. The van der Waals surface area contributed by atoms with Crippen molar-refractivity contribution in [3.05, 3.63) is 17.5 Å². The van der Waals surface area contributed by atoms with Crippen LogP contribution in [0.5, 0.6) is 0 Å². The highest BCUT2D eigenvalue weighted by atomic mass is 16.2. The summed E-state index contributed by atoms with van der Waals surface area (Å²) >= 11 is 0. The first kappa shape index (κ1) is 8.25. The highest BCUT2D eigenvalue weighted by Crippen LogP contribution is 2.03. The molecule has 6 heteroatoms. The van der Waals surface area contributed by atoms with E-state index in [0.29, 0.717) is 0 Å². The van der Waals surface area contributed by atoms with Gasteiger partial charge in [-0.05, 0) is 0 Å². The van der Waals surface area contributed by atoms with Crippen LogP contribution < -0.4 is 11.5 Å². The van der Waals surface area contributed by atoms with E-state index >= 15 is 0 Å². The summed E-state index contributed by atoms with van der Waals surface area (Å²) in [4.78, 5) is 21.4. The van der Waals surface area contributed by atoms with Crippen molar-refractivity contribution in [1.82, 2.24) is 9.78 Å². The van der Waals surface area contributed by atoms with Crippen molar-refractivity contribution in [3.63, 3.8) is 0 Å². The van der Waals surface area contributed by atoms with Crippen LogP contribution in [0.15, 0.2) is 6.20 Å². The van der Waals surface area contributed by atoms with Crippen LogP contribution in [0.2, 0.25) is 0 Å². The molecule has 2 amide bonds. The number of hydrogen-bond donors (Lipinski definition) is 2. The lowest BCUT2D eigenvalue weighted by molar-refractivity contribution is 0.0965. The number of aromatic nitrogens is 2. The molecule has 0 fully saturated rings. The number of carbonyl (C=O) groups is 2. The molecule has 12 heavy (non-hydrogen) atoms. The van der Waals surface area contributed by atoms with Gasteiger partial charge in [0.15, 0.2) is 5.69 Å². The van der Waals surface area contributed by atoms with Gasteiger partial charge in [-0.2, -0.15) is 5.10 Å². The Morgan fingerprint density at radius 1 is 1.42 bits per heavy atom. The van der Waals surface area contributed by atoms with Gasteiger partial charge in [0.05, 0.1) is 5.56 Å². The smallest absolute Gasteiger partial charge is 0.270 e. The molecule has 1 aromatic rings. The molecule has 0 saturated heterocycles. The number of carbonyl (C=O) groups excluding carboxylic acids is 2. The van der Waals surface area contributed by atoms with Crippen molar-refractivity contribution in [2.75, 3.05) is 0 Å². The van der Waals surface area contributed by atoms with E-state index in [1.165, 1.54) is 10.9 Å². The maximum Gasteiger partial charge on any atom is 0.270 e. The van der Waals surface area contributed by atoms with Crippen LogP contribution >= 0.6 is 0 Å². The molecule has 64 valence electrons. The SMILES string of the molecule is Cn1cc(C(N)=O)c(C(N)=O)n1. The normalized spacial score (nSPS) is 9.75. The topological polar surface area (TPSA) is 104 Å². The summed E-state index contributed by atoms with van der Waals surface area (Å²) in [6, 6.07) is 0. The van der Waals surface area contributed by atoms with Crippen molar-refractivity contribution in [1.29, 1.82) is 0 Å². The van der Waals surface area contributed by atoms with Crippen molar-refractivity contribution < 1.29 is 9.59 Å². The molecule has 0 bridgehead atoms. The molecule has 0 saturated carbocycles. The van der Waals surface area contributed by atoms with Crippen molar-refractivity contribution in [2.24, 2.45) is 18.5 Å². The Morgan fingerprint density at radius 2 is 2.00 bits per heavy atom. The van der Waals surface area contributed by atoms with E-state index < -0.39 is 11.8 Å². The number of aryl methyl sites for hydroxylation is 1. The molecule has 0 spiro atoms. The van der Waals surface area contributed by atoms with Crippen LogP contribution in [-0.2, 0) is 7.05 Å². The highest BCUT2D eigenvalue weighted by Gasteiger charge is 2.16. The average molecular weight is 168 g/mol. The number of amides is 2. The molecule has 0 aliphatic rings. The number of hydrogen-bond acceptors (Lipinski definition) is 3. The van der Waals surface area contributed by atoms with Crippen LogP contribution in [0.1, 0.15) is 20.8 Å². The largest absolute Gasteiger partial charge is 0.365 e. The lowest BCUT2D eigenvalue weighted by Crippen LogP contribution is -2.19. The summed E-state index contributed by atoms with van der Waals surface area (Å²) in [5.74, 6) is -1.47. The molecule has 4 N–H and O–H groups in total. The summed E-state index contributed by atoms with van der Waals surface area (Å²) in [5.41, 5.74) is 9.86. The monoisotopic (exact) mass is 168 g/mol. The molecule has 0 radical (unpaired) electrons. The standard InChI is InChI=1S/C6H8N4O2/c1-10-2-3(5(7)11)4(9-10)6(8)12/h2H,1H3,(H2,7,11)(H2,8,12). The number of primary amides is 2. The van der Waals surface area contributed by atoms with Crippen LogP contribution in [0.3, 0.4) is 0 Å². The van der Waals surface area contributed by atoms with E-state index in [1.807, 2.05) is 0 Å². The Kier molecular flexibility index (Phi) is 1.82. The minimum atomic E-state index is -0.760. The van der Waals surface area contributed by atoms with Crippen LogP contribution in [0, 0.1) is 0 Å². The zero-order valence-corrected chi connectivity index (χ0v) is 6.44. The highest BCUT2D eigenvalue weighted by molar-refractivity contribution is 6.04. The minimum absolute atomic E-state index is 0.0463. The van der Waals surface area contributed by atoms with E-state index in [0.717, 1.165) is 0 Å². The fraction of sp³-hybridized carbons (Fsp3) is 0.167. The third-order valence-electron chi connectivity index (χ3n) is 1.33. The van der Waals surface area contributed by atoms with E-state index in [9.17, 15) is 9.59 Å². The third kappa shape index (κ3) is 1.26. The molecule has 0 atom stereocenters. The van der Waals surface area contributed by atoms with Gasteiger partial charge in [-0.15, -0.1) is 0 Å². The zero-order valence-electron chi connectivity index (χ0n) is 6.44. The van der Waals surface area contributed by atoms with Gasteiger partial charge < -0.3 is 11.5 Å². The summed E-state index contributed by atoms with van der Waals surface area (Å²) in [7, 11) is 1.57. The van der Waals surface area contributed by atoms with E-state index in [2.05, 4.69) is 5.10 Å². The van der Waals surface area contributed by atoms with Crippen LogP contribution in [0.25, 0.3) is 0 Å². The van der Waals surface area contributed by atoms with Gasteiger partial charge in [-0.3, -0.25) is 14.3 Å². The van der Waals surface area contributed by atoms with E-state index in [-0.39, 0.29) is 11.3 Å². The Balaban J connectivity index is 3.26. The minimum Gasteiger partial charge on any atom is -0.365 e. The second kappa shape index (κ2) is 2.65. The molecular weight excluding hydrogens is 160 g/mol. The first-order valence-corrected chi connectivity index (χ1v) is 3.15. The third-order valence-corrected chi connectivity index (χ3v) is 1.33. The van der Waals surface area contributed by atoms with Crippen LogP contribution in [-0.4, -0.2) is 21.6 Å². The lowest BCUT2D eigenvalue weighted by Gasteiger charge is -1.89. The molecule has 1 heterocycles. The molecule has 0 unspecified atom stereocenters. The van der Waals surface area contributed by atoms with Crippen molar-refractivity contribution in [2.45, 2.75) is 0 Å². The number of rotatable bonds is 2. The fourth-order valence-corrected chi connectivity index (χ4v) is 0.851. The second-order valence-corrected chi connectivity index (χ2v) is 2.29. The van der Waals surface area contributed by atoms with E-state index in [1.54, 1.807) is 7.05 Å². The summed E-state index contributed by atoms with van der Waals surface area (Å²) in [5, 5.41) is 3.67. The average Bonchev–Trinajstić information content (AvgIpc) is 2.31. The molecule has 0 aromatic carbocycles. The maximum absolute atomic E-state index is 10.7. The molecule has 0 aliphatic carbocycles. The van der Waals surface area contributed by atoms with Crippen LogP contribution in [0.4, 0.5) is 0 Å². The van der Waals surface area contributed by atoms with Crippen molar-refractivity contribution >= 4 is 11.8 Å². The Bertz CT molecular complexity index is 310. The summed E-state index contributed by atoms with van der Waals surface area (Å²) in [6.07, 6.45) is 1.35. The van der Waals surface area contributed by atoms with Gasteiger partial charge in [0.25, 0.3) is 11.8 Å².